The van der Waals surface area contributed by atoms with E-state index in [4.69, 9.17) is 0 Å². The average Bonchev–Trinajstić information content (AvgIpc) is 3.30. The van der Waals surface area contributed by atoms with Gasteiger partial charge in [-0.1, -0.05) is 37.1 Å². The maximum absolute atomic E-state index is 12.9. The van der Waals surface area contributed by atoms with Crippen LogP contribution in [-0.2, 0) is 17.9 Å². The quantitative estimate of drug-likeness (QED) is 0.880. The number of nitrogens with zero attached hydrogens (tertiary/aromatic N) is 2. The van der Waals surface area contributed by atoms with E-state index in [0.717, 1.165) is 31.6 Å². The van der Waals surface area contributed by atoms with E-state index in [1.165, 1.54) is 24.8 Å². The number of hydrogen-bond donors (Lipinski definition) is 2. The second kappa shape index (κ2) is 7.00. The van der Waals surface area contributed by atoms with Crippen molar-refractivity contribution in [3.05, 3.63) is 54.1 Å². The summed E-state index contributed by atoms with van der Waals surface area (Å²) in [6.07, 6.45) is 10.2. The molecule has 0 unspecified atom stereocenters. The Bertz CT molecular complexity index is 710. The first-order valence-electron chi connectivity index (χ1n) is 9.29. The second-order valence-electron chi connectivity index (χ2n) is 7.46. The molecule has 0 radical (unpaired) electrons. The molecule has 1 amide bonds. The first kappa shape index (κ1) is 16.3. The van der Waals surface area contributed by atoms with E-state index < -0.39 is 0 Å². The van der Waals surface area contributed by atoms with E-state index in [0.29, 0.717) is 12.5 Å². The van der Waals surface area contributed by atoms with E-state index in [9.17, 15) is 4.79 Å². The SMILES string of the molecule is O=C(NCc1ccc(Cn2ccnc2)cc1)[C@@]12CCCC[C@H]1CNC2. The Morgan fingerprint density at radius 1 is 1.28 bits per heavy atom. The third-order valence-corrected chi connectivity index (χ3v) is 5.89. The van der Waals surface area contributed by atoms with E-state index in [2.05, 4.69) is 39.9 Å². The highest BCUT2D eigenvalue weighted by Gasteiger charge is 2.49. The van der Waals surface area contributed by atoms with Gasteiger partial charge in [-0.3, -0.25) is 4.79 Å². The molecule has 1 aliphatic carbocycles. The van der Waals surface area contributed by atoms with Crippen LogP contribution in [0.5, 0.6) is 0 Å². The number of imidazole rings is 1. The van der Waals surface area contributed by atoms with Crippen molar-refractivity contribution in [3.63, 3.8) is 0 Å². The maximum atomic E-state index is 12.9. The summed E-state index contributed by atoms with van der Waals surface area (Å²) < 4.78 is 2.05. The van der Waals surface area contributed by atoms with Gasteiger partial charge in [0.25, 0.3) is 0 Å². The van der Waals surface area contributed by atoms with Gasteiger partial charge >= 0.3 is 0 Å². The number of rotatable bonds is 5. The minimum absolute atomic E-state index is 0.167. The average molecular weight is 338 g/mol. The number of amides is 1. The summed E-state index contributed by atoms with van der Waals surface area (Å²) in [5, 5.41) is 6.65. The van der Waals surface area contributed by atoms with Gasteiger partial charge in [0.05, 0.1) is 11.7 Å². The summed E-state index contributed by atoms with van der Waals surface area (Å²) >= 11 is 0. The lowest BCUT2D eigenvalue weighted by atomic mass is 9.67. The summed E-state index contributed by atoms with van der Waals surface area (Å²) in [5.74, 6) is 0.753. The van der Waals surface area contributed by atoms with Crippen molar-refractivity contribution in [3.8, 4) is 0 Å². The fraction of sp³-hybridized carbons (Fsp3) is 0.500. The van der Waals surface area contributed by atoms with E-state index in [1.807, 2.05) is 17.1 Å². The van der Waals surface area contributed by atoms with E-state index in [1.54, 1.807) is 6.20 Å². The third-order valence-electron chi connectivity index (χ3n) is 5.89. The second-order valence-corrected chi connectivity index (χ2v) is 7.46. The standard InChI is InChI=1S/C20H26N4O/c25-19(20-8-2-1-3-18(20)12-22-14-20)23-11-16-4-6-17(7-5-16)13-24-10-9-21-15-24/h4-7,9-10,15,18,22H,1-3,8,11-14H2,(H,23,25)/t18-,20+/m0/s1. The van der Waals surface area contributed by atoms with Crippen LogP contribution in [0.15, 0.2) is 43.0 Å². The van der Waals surface area contributed by atoms with Crippen LogP contribution in [0.25, 0.3) is 0 Å². The molecule has 2 aliphatic rings. The molecular weight excluding hydrogens is 312 g/mol. The predicted molar refractivity (Wildman–Crippen MR) is 96.9 cm³/mol. The molecule has 5 nitrogen and oxygen atoms in total. The Labute approximate surface area is 148 Å². The van der Waals surface area contributed by atoms with Crippen molar-refractivity contribution in [2.24, 2.45) is 11.3 Å². The predicted octanol–water partition coefficient (Wildman–Crippen LogP) is 2.33. The molecule has 2 fully saturated rings. The van der Waals surface area contributed by atoms with Crippen molar-refractivity contribution in [2.75, 3.05) is 13.1 Å². The number of hydrogen-bond acceptors (Lipinski definition) is 3. The van der Waals surface area contributed by atoms with Crippen molar-refractivity contribution in [2.45, 2.75) is 38.8 Å². The van der Waals surface area contributed by atoms with Crippen LogP contribution in [0, 0.1) is 11.3 Å². The molecule has 1 saturated carbocycles. The Kier molecular flexibility index (Phi) is 4.57. The summed E-state index contributed by atoms with van der Waals surface area (Å²) in [6, 6.07) is 8.46. The molecule has 2 heterocycles. The highest BCUT2D eigenvalue weighted by Crippen LogP contribution is 2.43. The van der Waals surface area contributed by atoms with Crippen LogP contribution in [0.1, 0.15) is 36.8 Å². The van der Waals surface area contributed by atoms with Crippen LogP contribution in [0.2, 0.25) is 0 Å². The molecule has 25 heavy (non-hydrogen) atoms. The maximum Gasteiger partial charge on any atom is 0.228 e. The Balaban J connectivity index is 1.35. The first-order chi connectivity index (χ1) is 12.3. The summed E-state index contributed by atoms with van der Waals surface area (Å²) in [6.45, 7) is 3.27. The van der Waals surface area contributed by atoms with Crippen LogP contribution in [-0.4, -0.2) is 28.5 Å². The number of fused-ring (bicyclic) bond motifs is 1. The molecule has 0 spiro atoms. The van der Waals surface area contributed by atoms with Gasteiger partial charge in [0.2, 0.25) is 5.91 Å². The number of carbonyl (C=O) groups excluding carboxylic acids is 1. The largest absolute Gasteiger partial charge is 0.351 e. The first-order valence-corrected chi connectivity index (χ1v) is 9.29. The van der Waals surface area contributed by atoms with Crippen LogP contribution >= 0.6 is 0 Å². The van der Waals surface area contributed by atoms with Crippen LogP contribution in [0.3, 0.4) is 0 Å². The van der Waals surface area contributed by atoms with Gasteiger partial charge < -0.3 is 15.2 Å². The van der Waals surface area contributed by atoms with Gasteiger partial charge in [-0.25, -0.2) is 4.98 Å². The van der Waals surface area contributed by atoms with Crippen molar-refractivity contribution in [1.29, 1.82) is 0 Å². The fourth-order valence-corrected chi connectivity index (χ4v) is 4.40. The lowest BCUT2D eigenvalue weighted by Gasteiger charge is -2.37. The van der Waals surface area contributed by atoms with Gasteiger partial charge in [-0.15, -0.1) is 0 Å². The molecule has 1 aromatic carbocycles. The zero-order valence-corrected chi connectivity index (χ0v) is 14.6. The molecule has 1 aliphatic heterocycles. The smallest absolute Gasteiger partial charge is 0.228 e. The van der Waals surface area contributed by atoms with Crippen molar-refractivity contribution < 1.29 is 4.79 Å². The van der Waals surface area contributed by atoms with Crippen molar-refractivity contribution >= 4 is 5.91 Å². The summed E-state index contributed by atoms with van der Waals surface area (Å²) in [7, 11) is 0. The molecule has 1 saturated heterocycles. The topological polar surface area (TPSA) is 59.0 Å². The summed E-state index contributed by atoms with van der Waals surface area (Å²) in [5.41, 5.74) is 2.22. The Hall–Kier alpha value is -2.14. The van der Waals surface area contributed by atoms with Gasteiger partial charge in [-0.05, 0) is 36.4 Å². The number of aromatic nitrogens is 2. The lowest BCUT2D eigenvalue weighted by Crippen LogP contribution is -2.47. The minimum atomic E-state index is -0.167. The van der Waals surface area contributed by atoms with Gasteiger partial charge in [-0.2, -0.15) is 0 Å². The van der Waals surface area contributed by atoms with Crippen LogP contribution in [0.4, 0.5) is 0 Å². The normalized spacial score (nSPS) is 25.5. The number of nitrogens with one attached hydrogen (secondary N) is 2. The van der Waals surface area contributed by atoms with Crippen LogP contribution < -0.4 is 10.6 Å². The van der Waals surface area contributed by atoms with Gasteiger partial charge in [0.15, 0.2) is 0 Å². The third kappa shape index (κ3) is 3.33. The molecule has 0 bridgehead atoms. The molecular formula is C20H26N4O. The Morgan fingerprint density at radius 3 is 2.92 bits per heavy atom. The van der Waals surface area contributed by atoms with Crippen molar-refractivity contribution in [1.82, 2.24) is 20.2 Å². The molecule has 4 rings (SSSR count). The highest BCUT2D eigenvalue weighted by molar-refractivity contribution is 5.83. The Morgan fingerprint density at radius 2 is 2.12 bits per heavy atom. The minimum Gasteiger partial charge on any atom is -0.351 e. The van der Waals surface area contributed by atoms with Gasteiger partial charge in [0.1, 0.15) is 0 Å². The zero-order chi connectivity index (χ0) is 17.1. The molecule has 2 atom stereocenters. The molecule has 1 aromatic heterocycles. The number of carbonyl (C=O) groups is 1. The lowest BCUT2D eigenvalue weighted by molar-refractivity contribution is -0.134. The highest BCUT2D eigenvalue weighted by atomic mass is 16.2. The monoisotopic (exact) mass is 338 g/mol. The van der Waals surface area contributed by atoms with E-state index in [-0.39, 0.29) is 11.3 Å². The fourth-order valence-electron chi connectivity index (χ4n) is 4.40. The zero-order valence-electron chi connectivity index (χ0n) is 14.6. The number of benzene rings is 1. The molecule has 132 valence electrons. The molecule has 2 aromatic rings. The van der Waals surface area contributed by atoms with Gasteiger partial charge in [0, 0.05) is 32.0 Å². The summed E-state index contributed by atoms with van der Waals surface area (Å²) in [4.78, 5) is 17.0. The molecule has 5 heteroatoms. The molecule has 2 N–H and O–H groups in total. The van der Waals surface area contributed by atoms with E-state index >= 15 is 0 Å².